The van der Waals surface area contributed by atoms with Crippen LogP contribution in [0.4, 0.5) is 4.79 Å². The van der Waals surface area contributed by atoms with Crippen LogP contribution in [0.15, 0.2) is 24.3 Å². The number of carbonyl (C=O) groups excluding carboxylic acids is 1. The summed E-state index contributed by atoms with van der Waals surface area (Å²) in [6.07, 6.45) is 0.506. The number of phenolic OH excluding ortho intramolecular Hbond substituents is 1. The summed E-state index contributed by atoms with van der Waals surface area (Å²) < 4.78 is 5.43. The third-order valence-electron chi connectivity index (χ3n) is 3.49. The molecule has 0 unspecified atom stereocenters. The van der Waals surface area contributed by atoms with Crippen molar-refractivity contribution in [1.29, 1.82) is 0 Å². The fourth-order valence-corrected chi connectivity index (χ4v) is 3.47. The minimum absolute atomic E-state index is 0.242. The van der Waals surface area contributed by atoms with Crippen molar-refractivity contribution in [2.45, 2.75) is 39.3 Å². The first-order chi connectivity index (χ1) is 10.8. The van der Waals surface area contributed by atoms with E-state index in [1.54, 1.807) is 28.4 Å². The molecular formula is C17H20N2O3S. The second-order valence-electron chi connectivity index (χ2n) is 6.59. The molecule has 0 atom stereocenters. The first kappa shape index (κ1) is 15.8. The number of ether oxygens (including phenoxy) is 1. The van der Waals surface area contributed by atoms with Crippen molar-refractivity contribution in [2.75, 3.05) is 6.54 Å². The van der Waals surface area contributed by atoms with Crippen LogP contribution in [-0.4, -0.2) is 33.2 Å². The summed E-state index contributed by atoms with van der Waals surface area (Å²) in [5.41, 5.74) is 1.43. The number of aromatic hydroxyl groups is 1. The van der Waals surface area contributed by atoms with Crippen molar-refractivity contribution >= 4 is 17.4 Å². The molecule has 1 aliphatic heterocycles. The Kier molecular flexibility index (Phi) is 4.02. The van der Waals surface area contributed by atoms with E-state index in [0.717, 1.165) is 22.7 Å². The molecule has 2 heterocycles. The molecule has 0 saturated carbocycles. The third-order valence-corrected chi connectivity index (χ3v) is 4.70. The summed E-state index contributed by atoms with van der Waals surface area (Å²) in [7, 11) is 0. The normalized spacial score (nSPS) is 14.5. The first-order valence-corrected chi connectivity index (χ1v) is 8.39. The Bertz CT molecular complexity index is 716. The molecule has 23 heavy (non-hydrogen) atoms. The lowest BCUT2D eigenvalue weighted by molar-refractivity contribution is 0.0222. The van der Waals surface area contributed by atoms with Crippen LogP contribution in [0.1, 0.15) is 31.3 Å². The minimum Gasteiger partial charge on any atom is -0.508 e. The number of amides is 1. The molecular weight excluding hydrogens is 312 g/mol. The number of phenols is 1. The summed E-state index contributed by atoms with van der Waals surface area (Å²) in [5.74, 6) is 0.242. The van der Waals surface area contributed by atoms with Crippen LogP contribution >= 0.6 is 11.3 Å². The van der Waals surface area contributed by atoms with Crippen LogP contribution in [0.5, 0.6) is 5.75 Å². The predicted octanol–water partition coefficient (Wildman–Crippen LogP) is 3.81. The SMILES string of the molecule is CC(C)(C)OC(=O)N1CCc2sc(-c3ccc(O)cc3)nc2C1. The molecule has 6 heteroatoms. The fourth-order valence-electron chi connectivity index (χ4n) is 2.41. The zero-order valence-electron chi connectivity index (χ0n) is 13.5. The van der Waals surface area contributed by atoms with E-state index in [1.165, 1.54) is 4.88 Å². The maximum absolute atomic E-state index is 12.2. The number of nitrogens with zero attached hydrogens (tertiary/aromatic N) is 2. The number of hydrogen-bond donors (Lipinski definition) is 1. The Morgan fingerprint density at radius 2 is 2.00 bits per heavy atom. The fraction of sp³-hybridized carbons (Fsp3) is 0.412. The molecule has 3 rings (SSSR count). The lowest BCUT2D eigenvalue weighted by atomic mass is 10.2. The number of fused-ring (bicyclic) bond motifs is 1. The summed E-state index contributed by atoms with van der Waals surface area (Å²) in [5, 5.41) is 10.3. The number of rotatable bonds is 1. The van der Waals surface area contributed by atoms with Gasteiger partial charge < -0.3 is 14.7 Å². The van der Waals surface area contributed by atoms with E-state index in [0.29, 0.717) is 13.1 Å². The van der Waals surface area contributed by atoms with Crippen molar-refractivity contribution in [3.8, 4) is 16.3 Å². The Morgan fingerprint density at radius 3 is 2.65 bits per heavy atom. The number of thiazole rings is 1. The average Bonchev–Trinajstić information content (AvgIpc) is 2.89. The van der Waals surface area contributed by atoms with E-state index in [1.807, 2.05) is 32.9 Å². The Morgan fingerprint density at radius 1 is 1.30 bits per heavy atom. The van der Waals surface area contributed by atoms with Crippen LogP contribution in [0.3, 0.4) is 0 Å². The Balaban J connectivity index is 1.77. The molecule has 1 amide bonds. The molecule has 0 aliphatic carbocycles. The third kappa shape index (κ3) is 3.64. The Hall–Kier alpha value is -2.08. The van der Waals surface area contributed by atoms with E-state index >= 15 is 0 Å². The van der Waals surface area contributed by atoms with Crippen molar-refractivity contribution in [3.05, 3.63) is 34.8 Å². The van der Waals surface area contributed by atoms with E-state index in [2.05, 4.69) is 4.98 Å². The highest BCUT2D eigenvalue weighted by Crippen LogP contribution is 2.32. The highest BCUT2D eigenvalue weighted by Gasteiger charge is 2.28. The Labute approximate surface area is 139 Å². The number of carbonyl (C=O) groups is 1. The van der Waals surface area contributed by atoms with Gasteiger partial charge in [-0.1, -0.05) is 0 Å². The van der Waals surface area contributed by atoms with Crippen molar-refractivity contribution in [1.82, 2.24) is 9.88 Å². The molecule has 1 aromatic heterocycles. The lowest BCUT2D eigenvalue weighted by Gasteiger charge is -2.29. The van der Waals surface area contributed by atoms with E-state index in [9.17, 15) is 9.90 Å². The molecule has 0 spiro atoms. The second-order valence-corrected chi connectivity index (χ2v) is 7.67. The van der Waals surface area contributed by atoms with Gasteiger partial charge in [0.25, 0.3) is 0 Å². The van der Waals surface area contributed by atoms with E-state index < -0.39 is 5.60 Å². The minimum atomic E-state index is -0.489. The molecule has 0 fully saturated rings. The maximum atomic E-state index is 12.2. The van der Waals surface area contributed by atoms with Crippen LogP contribution in [0.25, 0.3) is 10.6 Å². The van der Waals surface area contributed by atoms with Gasteiger partial charge in [0.05, 0.1) is 12.2 Å². The van der Waals surface area contributed by atoms with Crippen LogP contribution in [0, 0.1) is 0 Å². The summed E-state index contributed by atoms with van der Waals surface area (Å²) >= 11 is 1.65. The molecule has 0 saturated heterocycles. The van der Waals surface area contributed by atoms with Crippen molar-refractivity contribution in [3.63, 3.8) is 0 Å². The summed E-state index contributed by atoms with van der Waals surface area (Å²) in [6, 6.07) is 7.02. The standard InChI is InChI=1S/C17H20N2O3S/c1-17(2,3)22-16(21)19-9-8-14-13(10-19)18-15(23-14)11-4-6-12(20)7-5-11/h4-7,20H,8-10H2,1-3H3. The molecule has 122 valence electrons. The maximum Gasteiger partial charge on any atom is 0.410 e. The van der Waals surface area contributed by atoms with Gasteiger partial charge in [-0.15, -0.1) is 11.3 Å². The molecule has 1 aliphatic rings. The topological polar surface area (TPSA) is 62.7 Å². The van der Waals surface area contributed by atoms with Crippen molar-refractivity contribution in [2.24, 2.45) is 0 Å². The van der Waals surface area contributed by atoms with E-state index in [-0.39, 0.29) is 11.8 Å². The monoisotopic (exact) mass is 332 g/mol. The van der Waals surface area contributed by atoms with Gasteiger partial charge in [-0.25, -0.2) is 9.78 Å². The van der Waals surface area contributed by atoms with Gasteiger partial charge in [0.1, 0.15) is 16.4 Å². The van der Waals surface area contributed by atoms with Crippen molar-refractivity contribution < 1.29 is 14.6 Å². The summed E-state index contributed by atoms with van der Waals surface area (Å²) in [4.78, 5) is 19.8. The molecule has 2 aromatic rings. The second kappa shape index (κ2) is 5.85. The highest BCUT2D eigenvalue weighted by molar-refractivity contribution is 7.15. The molecule has 1 aromatic carbocycles. The quantitative estimate of drug-likeness (QED) is 0.862. The molecule has 5 nitrogen and oxygen atoms in total. The highest BCUT2D eigenvalue weighted by atomic mass is 32.1. The van der Waals surface area contributed by atoms with Crippen LogP contribution < -0.4 is 0 Å². The molecule has 0 radical (unpaired) electrons. The number of benzene rings is 1. The number of hydrogen-bond acceptors (Lipinski definition) is 5. The van der Waals surface area contributed by atoms with Gasteiger partial charge in [-0.2, -0.15) is 0 Å². The summed E-state index contributed by atoms with van der Waals surface area (Å²) in [6.45, 7) is 6.74. The van der Waals surface area contributed by atoms with Gasteiger partial charge >= 0.3 is 6.09 Å². The average molecular weight is 332 g/mol. The number of aromatic nitrogens is 1. The van der Waals surface area contributed by atoms with Gasteiger partial charge in [0, 0.05) is 23.4 Å². The smallest absolute Gasteiger partial charge is 0.410 e. The van der Waals surface area contributed by atoms with Crippen LogP contribution in [-0.2, 0) is 17.7 Å². The van der Waals surface area contributed by atoms with Crippen LogP contribution in [0.2, 0.25) is 0 Å². The first-order valence-electron chi connectivity index (χ1n) is 7.58. The predicted molar refractivity (Wildman–Crippen MR) is 89.6 cm³/mol. The van der Waals surface area contributed by atoms with Gasteiger partial charge in [0.2, 0.25) is 0 Å². The van der Waals surface area contributed by atoms with Gasteiger partial charge in [-0.3, -0.25) is 0 Å². The zero-order valence-corrected chi connectivity index (χ0v) is 14.3. The molecule has 1 N–H and O–H groups in total. The van der Waals surface area contributed by atoms with Gasteiger partial charge in [0.15, 0.2) is 0 Å². The zero-order chi connectivity index (χ0) is 16.6. The molecule has 0 bridgehead atoms. The van der Waals surface area contributed by atoms with E-state index in [4.69, 9.17) is 4.74 Å². The van der Waals surface area contributed by atoms with Gasteiger partial charge in [-0.05, 0) is 45.0 Å². The largest absolute Gasteiger partial charge is 0.508 e. The lowest BCUT2D eigenvalue weighted by Crippen LogP contribution is -2.39.